The molecule has 1 aliphatic heterocycles. The van der Waals surface area contributed by atoms with E-state index in [9.17, 15) is 19.2 Å². The van der Waals surface area contributed by atoms with Gasteiger partial charge in [0.25, 0.3) is 5.91 Å². The zero-order valence-electron chi connectivity index (χ0n) is 15.9. The number of rotatable bonds is 5. The average molecular weight is 376 g/mol. The first-order valence-electron chi connectivity index (χ1n) is 8.64. The van der Waals surface area contributed by atoms with Crippen LogP contribution in [0.15, 0.2) is 30.3 Å². The number of hydrogen-bond donors (Lipinski definition) is 1. The Morgan fingerprint density at radius 3 is 2.44 bits per heavy atom. The molecular formula is C19H24N2O6. The smallest absolute Gasteiger partial charge is 0.408 e. The molecular weight excluding hydrogens is 352 g/mol. The first-order chi connectivity index (χ1) is 12.6. The molecule has 27 heavy (non-hydrogen) atoms. The van der Waals surface area contributed by atoms with Gasteiger partial charge in [-0.3, -0.25) is 14.5 Å². The van der Waals surface area contributed by atoms with E-state index < -0.39 is 41.6 Å². The lowest BCUT2D eigenvalue weighted by atomic mass is 10.2. The largest absolute Gasteiger partial charge is 0.458 e. The summed E-state index contributed by atoms with van der Waals surface area (Å²) in [6, 6.07) is 6.91. The van der Waals surface area contributed by atoms with E-state index in [1.54, 1.807) is 32.9 Å². The molecule has 0 aliphatic carbocycles. The lowest BCUT2D eigenvalue weighted by Gasteiger charge is -2.26. The van der Waals surface area contributed by atoms with Crippen LogP contribution in [-0.4, -0.2) is 46.5 Å². The summed E-state index contributed by atoms with van der Waals surface area (Å²) in [6.45, 7) is 6.54. The second-order valence-corrected chi connectivity index (χ2v) is 7.27. The van der Waals surface area contributed by atoms with Crippen LogP contribution in [0.3, 0.4) is 0 Å². The van der Waals surface area contributed by atoms with Crippen molar-refractivity contribution in [3.8, 4) is 0 Å². The molecule has 8 nitrogen and oxygen atoms in total. The summed E-state index contributed by atoms with van der Waals surface area (Å²) in [5.41, 5.74) is 0.0532. The van der Waals surface area contributed by atoms with Gasteiger partial charge in [-0.05, 0) is 33.3 Å². The van der Waals surface area contributed by atoms with E-state index in [1.807, 2.05) is 18.2 Å². The highest BCUT2D eigenvalue weighted by Gasteiger charge is 2.45. The van der Waals surface area contributed by atoms with Crippen LogP contribution in [0, 0.1) is 0 Å². The number of nitrogens with one attached hydrogen (secondary N) is 1. The quantitative estimate of drug-likeness (QED) is 0.621. The molecule has 8 heteroatoms. The summed E-state index contributed by atoms with van der Waals surface area (Å²) in [7, 11) is 0. The Morgan fingerprint density at radius 1 is 1.22 bits per heavy atom. The van der Waals surface area contributed by atoms with Crippen molar-refractivity contribution in [3.05, 3.63) is 35.9 Å². The van der Waals surface area contributed by atoms with E-state index in [1.165, 1.54) is 6.92 Å². The number of hydrogen-bond acceptors (Lipinski definition) is 6. The molecule has 0 aromatic heterocycles. The van der Waals surface area contributed by atoms with Crippen molar-refractivity contribution < 1.29 is 28.7 Å². The summed E-state index contributed by atoms with van der Waals surface area (Å²) < 4.78 is 10.3. The van der Waals surface area contributed by atoms with Gasteiger partial charge in [0.05, 0.1) is 6.42 Å². The monoisotopic (exact) mass is 376 g/mol. The molecule has 1 saturated heterocycles. The van der Waals surface area contributed by atoms with Gasteiger partial charge >= 0.3 is 12.1 Å². The van der Waals surface area contributed by atoms with Crippen molar-refractivity contribution >= 4 is 23.9 Å². The number of carbonyl (C=O) groups excluding carboxylic acids is 4. The Kier molecular flexibility index (Phi) is 6.20. The summed E-state index contributed by atoms with van der Waals surface area (Å²) in [4.78, 5) is 49.5. The number of amides is 3. The molecule has 0 saturated carbocycles. The van der Waals surface area contributed by atoms with Crippen molar-refractivity contribution in [2.24, 2.45) is 0 Å². The van der Waals surface area contributed by atoms with E-state index >= 15 is 0 Å². The Labute approximate surface area is 157 Å². The fourth-order valence-corrected chi connectivity index (χ4v) is 2.57. The highest BCUT2D eigenvalue weighted by atomic mass is 16.6. The van der Waals surface area contributed by atoms with Crippen LogP contribution in [0.25, 0.3) is 0 Å². The van der Waals surface area contributed by atoms with Gasteiger partial charge in [-0.2, -0.15) is 0 Å². The normalized spacial score (nSPS) is 18.2. The molecule has 3 amide bonds. The second kappa shape index (κ2) is 8.20. The third-order valence-electron chi connectivity index (χ3n) is 3.82. The number of alkyl carbamates (subject to hydrolysis) is 1. The van der Waals surface area contributed by atoms with Crippen LogP contribution in [0.1, 0.15) is 39.7 Å². The number of esters is 1. The zero-order chi connectivity index (χ0) is 20.2. The number of ether oxygens (including phenoxy) is 2. The van der Waals surface area contributed by atoms with Crippen molar-refractivity contribution in [3.63, 3.8) is 0 Å². The van der Waals surface area contributed by atoms with Crippen LogP contribution < -0.4 is 5.32 Å². The highest BCUT2D eigenvalue weighted by Crippen LogP contribution is 2.19. The molecule has 0 bridgehead atoms. The van der Waals surface area contributed by atoms with E-state index in [2.05, 4.69) is 5.32 Å². The summed E-state index contributed by atoms with van der Waals surface area (Å²) in [5.74, 6) is -1.89. The molecule has 1 heterocycles. The number of benzene rings is 1. The van der Waals surface area contributed by atoms with Crippen molar-refractivity contribution in [1.82, 2.24) is 10.2 Å². The van der Waals surface area contributed by atoms with Crippen molar-refractivity contribution in [2.45, 2.75) is 58.4 Å². The highest BCUT2D eigenvalue weighted by molar-refractivity contribution is 6.09. The Hall–Kier alpha value is -2.90. The predicted octanol–water partition coefficient (Wildman–Crippen LogP) is 1.77. The van der Waals surface area contributed by atoms with Gasteiger partial charge in [-0.15, -0.1) is 0 Å². The SMILES string of the molecule is C[C@H](C(=O)OC(C)(C)C)N1C(=O)CC(NC(=O)OCc2ccccc2)C1=O. The lowest BCUT2D eigenvalue weighted by Crippen LogP contribution is -2.48. The maximum atomic E-state index is 12.5. The minimum absolute atomic E-state index is 0.0412. The average Bonchev–Trinajstić information content (AvgIpc) is 2.85. The minimum Gasteiger partial charge on any atom is -0.458 e. The van der Waals surface area contributed by atoms with Crippen LogP contribution in [0.4, 0.5) is 4.79 Å². The molecule has 1 fully saturated rings. The summed E-state index contributed by atoms with van der Waals surface area (Å²) in [5, 5.41) is 2.38. The van der Waals surface area contributed by atoms with E-state index in [0.717, 1.165) is 10.5 Å². The number of likely N-dealkylation sites (tertiary alicyclic amines) is 1. The van der Waals surface area contributed by atoms with E-state index in [0.29, 0.717) is 0 Å². The van der Waals surface area contributed by atoms with Gasteiger partial charge in [-0.25, -0.2) is 9.59 Å². The molecule has 1 aromatic rings. The second-order valence-electron chi connectivity index (χ2n) is 7.27. The van der Waals surface area contributed by atoms with Gasteiger partial charge in [0, 0.05) is 0 Å². The first-order valence-corrected chi connectivity index (χ1v) is 8.64. The van der Waals surface area contributed by atoms with Gasteiger partial charge in [-0.1, -0.05) is 30.3 Å². The molecule has 1 aliphatic rings. The molecule has 0 radical (unpaired) electrons. The number of carbonyl (C=O) groups is 4. The third-order valence-corrected chi connectivity index (χ3v) is 3.82. The van der Waals surface area contributed by atoms with E-state index in [4.69, 9.17) is 9.47 Å². The lowest BCUT2D eigenvalue weighted by molar-refractivity contribution is -0.165. The van der Waals surface area contributed by atoms with Crippen LogP contribution in [0.2, 0.25) is 0 Å². The fraction of sp³-hybridized carbons (Fsp3) is 0.474. The molecule has 2 rings (SSSR count). The Balaban J connectivity index is 1.92. The molecule has 0 spiro atoms. The van der Waals surface area contributed by atoms with Gasteiger partial charge in [0.15, 0.2) is 0 Å². The standard InChI is InChI=1S/C19H24N2O6/c1-12(17(24)27-19(2,3)4)21-15(22)10-14(16(21)23)20-18(25)26-11-13-8-6-5-7-9-13/h5-9,12,14H,10-11H2,1-4H3,(H,20,25)/t12-,14?/m1/s1. The van der Waals surface area contributed by atoms with Crippen molar-refractivity contribution in [1.29, 1.82) is 0 Å². The molecule has 1 aromatic carbocycles. The first kappa shape index (κ1) is 20.4. The molecule has 1 N–H and O–H groups in total. The molecule has 2 atom stereocenters. The maximum Gasteiger partial charge on any atom is 0.408 e. The van der Waals surface area contributed by atoms with E-state index in [-0.39, 0.29) is 13.0 Å². The van der Waals surface area contributed by atoms with Gasteiger partial charge in [0.2, 0.25) is 5.91 Å². The minimum atomic E-state index is -1.07. The third kappa shape index (κ3) is 5.54. The number of nitrogens with zero attached hydrogens (tertiary/aromatic N) is 1. The number of imide groups is 1. The topological polar surface area (TPSA) is 102 Å². The van der Waals surface area contributed by atoms with Crippen LogP contribution in [-0.2, 0) is 30.5 Å². The maximum absolute atomic E-state index is 12.5. The summed E-state index contributed by atoms with van der Waals surface area (Å²) >= 11 is 0. The Morgan fingerprint density at radius 2 is 1.85 bits per heavy atom. The molecule has 1 unspecified atom stereocenters. The summed E-state index contributed by atoms with van der Waals surface area (Å²) in [6.07, 6.45) is -1.04. The molecule has 146 valence electrons. The van der Waals surface area contributed by atoms with Gasteiger partial charge < -0.3 is 14.8 Å². The Bertz CT molecular complexity index is 725. The predicted molar refractivity (Wildman–Crippen MR) is 95.3 cm³/mol. The van der Waals surface area contributed by atoms with Gasteiger partial charge in [0.1, 0.15) is 24.3 Å². The fourth-order valence-electron chi connectivity index (χ4n) is 2.57. The van der Waals surface area contributed by atoms with Crippen LogP contribution >= 0.6 is 0 Å². The zero-order valence-corrected chi connectivity index (χ0v) is 15.9. The van der Waals surface area contributed by atoms with Crippen molar-refractivity contribution in [2.75, 3.05) is 0 Å². The van der Waals surface area contributed by atoms with Crippen LogP contribution in [0.5, 0.6) is 0 Å².